The van der Waals surface area contributed by atoms with Crippen molar-refractivity contribution >= 4 is 6.09 Å². The molecule has 0 aromatic carbocycles. The van der Waals surface area contributed by atoms with Gasteiger partial charge in [0.1, 0.15) is 6.17 Å². The highest BCUT2D eigenvalue weighted by atomic mass is 19.1. The molecular weight excluding hydrogens is 125 g/mol. The van der Waals surface area contributed by atoms with E-state index in [1.54, 1.807) is 0 Å². The fraction of sp³-hybridized carbons (Fsp3) is 0.800. The van der Waals surface area contributed by atoms with Crippen LogP contribution in [0.15, 0.2) is 0 Å². The second kappa shape index (κ2) is 2.21. The lowest BCUT2D eigenvalue weighted by atomic mass is 10.2. The topological polar surface area (TPSA) is 29.5 Å². The van der Waals surface area contributed by atoms with Crippen molar-refractivity contribution in [1.29, 1.82) is 0 Å². The minimum Gasteiger partial charge on any atom is -0.453 e. The third-order valence-corrected chi connectivity index (χ3v) is 1.27. The first-order valence-corrected chi connectivity index (χ1v) is 2.71. The summed E-state index contributed by atoms with van der Waals surface area (Å²) < 4.78 is 16.3. The van der Waals surface area contributed by atoms with Gasteiger partial charge in [0.2, 0.25) is 0 Å². The Hall–Kier alpha value is -0.800. The summed E-state index contributed by atoms with van der Waals surface area (Å²) in [7, 11) is 1.29. The average Bonchev–Trinajstić information content (AvgIpc) is 1.79. The molecule has 1 aliphatic rings. The van der Waals surface area contributed by atoms with Gasteiger partial charge in [0.05, 0.1) is 20.2 Å². The Kier molecular flexibility index (Phi) is 1.55. The molecule has 0 saturated carbocycles. The van der Waals surface area contributed by atoms with Gasteiger partial charge in [-0.1, -0.05) is 0 Å². The van der Waals surface area contributed by atoms with Crippen molar-refractivity contribution in [1.82, 2.24) is 4.90 Å². The molecule has 1 amide bonds. The van der Waals surface area contributed by atoms with Crippen LogP contribution >= 0.6 is 0 Å². The van der Waals surface area contributed by atoms with Crippen LogP contribution < -0.4 is 0 Å². The van der Waals surface area contributed by atoms with Gasteiger partial charge in [0.15, 0.2) is 0 Å². The zero-order valence-corrected chi connectivity index (χ0v) is 5.13. The molecular formula is C5H8FNO2. The Morgan fingerprint density at radius 2 is 2.33 bits per heavy atom. The molecule has 0 aliphatic carbocycles. The summed E-state index contributed by atoms with van der Waals surface area (Å²) in [5.41, 5.74) is 0. The van der Waals surface area contributed by atoms with Gasteiger partial charge in [-0.2, -0.15) is 0 Å². The SMILES string of the molecule is COC(=O)N1CC(F)C1. The van der Waals surface area contributed by atoms with Gasteiger partial charge >= 0.3 is 6.09 Å². The number of methoxy groups -OCH3 is 1. The molecule has 1 rings (SSSR count). The van der Waals surface area contributed by atoms with Crippen LogP contribution in [-0.2, 0) is 4.74 Å². The minimum atomic E-state index is -0.843. The van der Waals surface area contributed by atoms with E-state index < -0.39 is 12.3 Å². The summed E-state index contributed by atoms with van der Waals surface area (Å²) in [6, 6.07) is 0. The van der Waals surface area contributed by atoms with Gasteiger partial charge in [0, 0.05) is 0 Å². The number of nitrogens with zero attached hydrogens (tertiary/aromatic N) is 1. The Morgan fingerprint density at radius 1 is 1.78 bits per heavy atom. The predicted molar refractivity (Wildman–Crippen MR) is 28.9 cm³/mol. The van der Waals surface area contributed by atoms with Gasteiger partial charge < -0.3 is 9.64 Å². The van der Waals surface area contributed by atoms with Crippen LogP contribution in [0.2, 0.25) is 0 Å². The molecule has 0 aromatic rings. The molecule has 4 heteroatoms. The maximum atomic E-state index is 12.0. The average molecular weight is 133 g/mol. The zero-order valence-electron chi connectivity index (χ0n) is 5.13. The molecule has 3 nitrogen and oxygen atoms in total. The van der Waals surface area contributed by atoms with Crippen molar-refractivity contribution in [2.45, 2.75) is 6.17 Å². The molecule has 9 heavy (non-hydrogen) atoms. The lowest BCUT2D eigenvalue weighted by molar-refractivity contribution is 0.0497. The minimum absolute atomic E-state index is 0.187. The molecule has 1 aliphatic heterocycles. The molecule has 0 spiro atoms. The summed E-state index contributed by atoms with van der Waals surface area (Å²) in [6.45, 7) is 0.374. The molecule has 0 aromatic heterocycles. The smallest absolute Gasteiger partial charge is 0.409 e. The summed E-state index contributed by atoms with van der Waals surface area (Å²) in [5, 5.41) is 0. The van der Waals surface area contributed by atoms with E-state index >= 15 is 0 Å². The van der Waals surface area contributed by atoms with Crippen LogP contribution in [0.3, 0.4) is 0 Å². The van der Waals surface area contributed by atoms with Gasteiger partial charge in [-0.15, -0.1) is 0 Å². The summed E-state index contributed by atoms with van der Waals surface area (Å²) in [5.74, 6) is 0. The summed E-state index contributed by atoms with van der Waals surface area (Å²) in [6.07, 6.45) is -1.28. The maximum Gasteiger partial charge on any atom is 0.409 e. The first-order valence-electron chi connectivity index (χ1n) is 2.71. The van der Waals surface area contributed by atoms with E-state index in [-0.39, 0.29) is 13.1 Å². The Bertz CT molecular complexity index is 122. The van der Waals surface area contributed by atoms with Crippen LogP contribution in [0.5, 0.6) is 0 Å². The van der Waals surface area contributed by atoms with Gasteiger partial charge in [-0.05, 0) is 0 Å². The lowest BCUT2D eigenvalue weighted by Crippen LogP contribution is -2.51. The van der Waals surface area contributed by atoms with Crippen molar-refractivity contribution in [3.05, 3.63) is 0 Å². The molecule has 0 unspecified atom stereocenters. The number of hydrogen-bond acceptors (Lipinski definition) is 2. The van der Waals surface area contributed by atoms with E-state index in [0.717, 1.165) is 0 Å². The van der Waals surface area contributed by atoms with E-state index in [4.69, 9.17) is 0 Å². The highest BCUT2D eigenvalue weighted by Gasteiger charge is 2.30. The number of carbonyl (C=O) groups excluding carboxylic acids is 1. The van der Waals surface area contributed by atoms with Crippen molar-refractivity contribution in [2.24, 2.45) is 0 Å². The van der Waals surface area contributed by atoms with E-state index in [1.165, 1.54) is 12.0 Å². The van der Waals surface area contributed by atoms with E-state index in [2.05, 4.69) is 4.74 Å². The number of likely N-dealkylation sites (tertiary alicyclic amines) is 1. The maximum absolute atomic E-state index is 12.0. The zero-order chi connectivity index (χ0) is 6.85. The monoisotopic (exact) mass is 133 g/mol. The molecule has 1 saturated heterocycles. The number of halogens is 1. The molecule has 52 valence electrons. The van der Waals surface area contributed by atoms with E-state index in [1.807, 2.05) is 0 Å². The molecule has 0 bridgehead atoms. The van der Waals surface area contributed by atoms with Crippen LogP contribution in [0.1, 0.15) is 0 Å². The second-order valence-electron chi connectivity index (χ2n) is 1.97. The van der Waals surface area contributed by atoms with E-state index in [0.29, 0.717) is 0 Å². The second-order valence-corrected chi connectivity index (χ2v) is 1.97. The number of ether oxygens (including phenoxy) is 1. The molecule has 0 N–H and O–H groups in total. The van der Waals surface area contributed by atoms with Gasteiger partial charge in [0.25, 0.3) is 0 Å². The first kappa shape index (κ1) is 6.32. The van der Waals surface area contributed by atoms with Crippen molar-refractivity contribution in [2.75, 3.05) is 20.2 Å². The van der Waals surface area contributed by atoms with Crippen molar-refractivity contribution in [3.63, 3.8) is 0 Å². The lowest BCUT2D eigenvalue weighted by Gasteiger charge is -2.32. The Labute approximate surface area is 52.4 Å². The standard InChI is InChI=1S/C5H8FNO2/c1-9-5(8)7-2-4(6)3-7/h4H,2-3H2,1H3. The molecule has 0 radical (unpaired) electrons. The highest BCUT2D eigenvalue weighted by molar-refractivity contribution is 5.68. The first-order chi connectivity index (χ1) is 4.24. The number of alkyl halides is 1. The highest BCUT2D eigenvalue weighted by Crippen LogP contribution is 2.11. The van der Waals surface area contributed by atoms with Crippen LogP contribution in [0.4, 0.5) is 9.18 Å². The number of hydrogen-bond donors (Lipinski definition) is 0. The third-order valence-electron chi connectivity index (χ3n) is 1.27. The largest absolute Gasteiger partial charge is 0.453 e. The molecule has 1 heterocycles. The quantitative estimate of drug-likeness (QED) is 0.479. The van der Waals surface area contributed by atoms with E-state index in [9.17, 15) is 9.18 Å². The van der Waals surface area contributed by atoms with Crippen LogP contribution in [0.25, 0.3) is 0 Å². The summed E-state index contributed by atoms with van der Waals surface area (Å²) in [4.78, 5) is 11.8. The Balaban J connectivity index is 2.23. The molecule has 1 fully saturated rings. The Morgan fingerprint density at radius 3 is 2.67 bits per heavy atom. The number of rotatable bonds is 0. The summed E-state index contributed by atoms with van der Waals surface area (Å²) >= 11 is 0. The van der Waals surface area contributed by atoms with Crippen LogP contribution in [0, 0.1) is 0 Å². The van der Waals surface area contributed by atoms with Crippen molar-refractivity contribution < 1.29 is 13.9 Å². The van der Waals surface area contributed by atoms with Gasteiger partial charge in [-0.3, -0.25) is 0 Å². The third kappa shape index (κ3) is 1.12. The number of carbonyl (C=O) groups is 1. The normalized spacial score (nSPS) is 19.1. The molecule has 0 atom stereocenters. The fourth-order valence-corrected chi connectivity index (χ4v) is 0.703. The van der Waals surface area contributed by atoms with Crippen LogP contribution in [-0.4, -0.2) is 37.4 Å². The fourth-order valence-electron chi connectivity index (χ4n) is 0.703. The predicted octanol–water partition coefficient (Wildman–Crippen LogP) is 0.406. The number of amides is 1. The van der Waals surface area contributed by atoms with Gasteiger partial charge in [-0.25, -0.2) is 9.18 Å². The van der Waals surface area contributed by atoms with Crippen molar-refractivity contribution in [3.8, 4) is 0 Å².